The zero-order valence-electron chi connectivity index (χ0n) is 35.6. The molecular formula is C61H38N4O. The highest BCUT2D eigenvalue weighted by molar-refractivity contribution is 6.22. The van der Waals surface area contributed by atoms with Crippen LogP contribution in [0.1, 0.15) is 0 Å². The van der Waals surface area contributed by atoms with Crippen LogP contribution in [-0.2, 0) is 0 Å². The van der Waals surface area contributed by atoms with Gasteiger partial charge in [-0.15, -0.1) is 0 Å². The van der Waals surface area contributed by atoms with Crippen LogP contribution in [0, 0.1) is 0 Å². The maximum atomic E-state index is 6.96. The van der Waals surface area contributed by atoms with Crippen molar-refractivity contribution in [3.8, 4) is 45.3 Å². The lowest BCUT2D eigenvalue weighted by Gasteiger charge is -2.27. The van der Waals surface area contributed by atoms with Crippen LogP contribution in [-0.4, -0.2) is 15.0 Å². The summed E-state index contributed by atoms with van der Waals surface area (Å²) in [5.74, 6) is 1.80. The van der Waals surface area contributed by atoms with Gasteiger partial charge in [-0.3, -0.25) is 0 Å². The van der Waals surface area contributed by atoms with Crippen LogP contribution in [0.25, 0.3) is 110 Å². The van der Waals surface area contributed by atoms with Crippen molar-refractivity contribution in [1.29, 1.82) is 0 Å². The monoisotopic (exact) mass is 842 g/mol. The van der Waals surface area contributed by atoms with E-state index >= 15 is 0 Å². The van der Waals surface area contributed by atoms with Crippen LogP contribution in [0.15, 0.2) is 235 Å². The van der Waals surface area contributed by atoms with Gasteiger partial charge < -0.3 is 9.32 Å². The van der Waals surface area contributed by atoms with Gasteiger partial charge in [-0.1, -0.05) is 176 Å². The lowest BCUT2D eigenvalue weighted by molar-refractivity contribution is 0.669. The first kappa shape index (κ1) is 37.6. The number of hydrogen-bond acceptors (Lipinski definition) is 5. The van der Waals surface area contributed by atoms with Crippen molar-refractivity contribution in [3.05, 3.63) is 231 Å². The van der Waals surface area contributed by atoms with E-state index in [4.69, 9.17) is 19.4 Å². The molecule has 0 fully saturated rings. The molecule has 5 heteroatoms. The molecule has 2 aromatic heterocycles. The highest BCUT2D eigenvalue weighted by Gasteiger charge is 2.22. The van der Waals surface area contributed by atoms with Crippen LogP contribution >= 0.6 is 0 Å². The Morgan fingerprint density at radius 1 is 0.288 bits per heavy atom. The number of furan rings is 1. The normalized spacial score (nSPS) is 11.6. The Morgan fingerprint density at radius 2 is 0.742 bits per heavy atom. The number of anilines is 3. The smallest absolute Gasteiger partial charge is 0.164 e. The molecule has 0 saturated heterocycles. The van der Waals surface area contributed by atoms with Gasteiger partial charge in [0.25, 0.3) is 0 Å². The number of hydrogen-bond donors (Lipinski definition) is 0. The number of nitrogens with zero attached hydrogens (tertiary/aromatic N) is 4. The van der Waals surface area contributed by atoms with E-state index in [1.54, 1.807) is 0 Å². The fourth-order valence-corrected chi connectivity index (χ4v) is 9.54. The highest BCUT2D eigenvalue weighted by Crippen LogP contribution is 2.46. The van der Waals surface area contributed by atoms with E-state index in [1.807, 2.05) is 0 Å². The molecule has 0 unspecified atom stereocenters. The Balaban J connectivity index is 0.982. The van der Waals surface area contributed by atoms with Crippen molar-refractivity contribution in [2.24, 2.45) is 0 Å². The standard InChI is InChI=1S/C61H38N4O/c1-2-12-39(13-3-1)43-26-30-50(31-27-43)65(51-32-28-42-16-6-9-19-46(42)36-51)55-38-57-58(53-21-11-10-20-52(53)55)54-33-29-49(37-56(54)66-57)61-63-59(47-24-22-40-14-4-7-17-44(40)34-47)62-60(64-61)48-25-23-41-15-5-8-18-45(41)35-48/h1-38H. The third-order valence-electron chi connectivity index (χ3n) is 12.8. The van der Waals surface area contributed by atoms with Gasteiger partial charge in [0.05, 0.1) is 5.69 Å². The molecule has 0 aliphatic rings. The molecule has 13 aromatic rings. The minimum atomic E-state index is 0.575. The zero-order chi connectivity index (χ0) is 43.6. The SMILES string of the molecule is c1ccc(-c2ccc(N(c3ccc4ccccc4c3)c3cc4oc5cc(-c6nc(-c7ccc8ccccc8c7)nc(-c7ccc8ccccc8c7)n6)ccc5c4c4ccccc34)cc2)cc1. The predicted molar refractivity (Wildman–Crippen MR) is 274 cm³/mol. The topological polar surface area (TPSA) is 55.1 Å². The molecule has 0 bridgehead atoms. The van der Waals surface area contributed by atoms with Crippen LogP contribution in [0.5, 0.6) is 0 Å². The van der Waals surface area contributed by atoms with Crippen molar-refractivity contribution in [2.75, 3.05) is 4.90 Å². The van der Waals surface area contributed by atoms with Crippen molar-refractivity contribution in [1.82, 2.24) is 15.0 Å². The van der Waals surface area contributed by atoms with E-state index in [2.05, 4.69) is 235 Å². The van der Waals surface area contributed by atoms with Gasteiger partial charge in [0.15, 0.2) is 17.5 Å². The first-order chi connectivity index (χ1) is 32.7. The molecule has 0 saturated carbocycles. The third kappa shape index (κ3) is 6.53. The highest BCUT2D eigenvalue weighted by atomic mass is 16.3. The first-order valence-corrected chi connectivity index (χ1v) is 22.2. The molecule has 0 amide bonds. The molecule has 0 atom stereocenters. The molecule has 0 radical (unpaired) electrons. The Kier molecular flexibility index (Phi) is 8.78. The molecule has 11 aromatic carbocycles. The second kappa shape index (κ2) is 15.4. The predicted octanol–water partition coefficient (Wildman–Crippen LogP) is 16.5. The summed E-state index contributed by atoms with van der Waals surface area (Å²) in [5, 5.41) is 11.3. The average Bonchev–Trinajstić information content (AvgIpc) is 3.77. The number of fused-ring (bicyclic) bond motifs is 8. The molecule has 13 rings (SSSR count). The van der Waals surface area contributed by atoms with Crippen LogP contribution in [0.3, 0.4) is 0 Å². The summed E-state index contributed by atoms with van der Waals surface area (Å²) in [5.41, 5.74) is 9.73. The molecule has 308 valence electrons. The summed E-state index contributed by atoms with van der Waals surface area (Å²) in [6.07, 6.45) is 0. The number of benzene rings is 11. The fourth-order valence-electron chi connectivity index (χ4n) is 9.54. The molecule has 5 nitrogen and oxygen atoms in total. The minimum absolute atomic E-state index is 0.575. The Bertz CT molecular complexity index is 3910. The quantitative estimate of drug-likeness (QED) is 0.160. The van der Waals surface area contributed by atoms with E-state index in [-0.39, 0.29) is 0 Å². The maximum Gasteiger partial charge on any atom is 0.164 e. The van der Waals surface area contributed by atoms with Crippen molar-refractivity contribution < 1.29 is 4.42 Å². The minimum Gasteiger partial charge on any atom is -0.456 e. The van der Waals surface area contributed by atoms with Crippen LogP contribution < -0.4 is 4.90 Å². The molecule has 0 aliphatic heterocycles. The largest absolute Gasteiger partial charge is 0.456 e. The molecule has 0 N–H and O–H groups in total. The van der Waals surface area contributed by atoms with Gasteiger partial charge >= 0.3 is 0 Å². The summed E-state index contributed by atoms with van der Waals surface area (Å²) >= 11 is 0. The van der Waals surface area contributed by atoms with Crippen molar-refractivity contribution in [2.45, 2.75) is 0 Å². The van der Waals surface area contributed by atoms with Gasteiger partial charge in [-0.2, -0.15) is 0 Å². The number of aromatic nitrogens is 3. The third-order valence-corrected chi connectivity index (χ3v) is 12.8. The van der Waals surface area contributed by atoms with Crippen LogP contribution in [0.4, 0.5) is 17.1 Å². The average molecular weight is 843 g/mol. The second-order valence-electron chi connectivity index (χ2n) is 16.8. The summed E-state index contributed by atoms with van der Waals surface area (Å²) in [6, 6.07) is 81.3. The molecule has 0 spiro atoms. The Labute approximate surface area is 380 Å². The van der Waals surface area contributed by atoms with E-state index in [1.165, 1.54) is 16.3 Å². The second-order valence-corrected chi connectivity index (χ2v) is 16.8. The summed E-state index contributed by atoms with van der Waals surface area (Å²) in [6.45, 7) is 0. The van der Waals surface area contributed by atoms with E-state index in [0.717, 1.165) is 93.6 Å². The fraction of sp³-hybridized carbons (Fsp3) is 0. The Morgan fingerprint density at radius 3 is 1.36 bits per heavy atom. The van der Waals surface area contributed by atoms with E-state index in [0.29, 0.717) is 17.5 Å². The van der Waals surface area contributed by atoms with E-state index in [9.17, 15) is 0 Å². The van der Waals surface area contributed by atoms with Gasteiger partial charge in [-0.05, 0) is 97.4 Å². The van der Waals surface area contributed by atoms with Gasteiger partial charge in [0.2, 0.25) is 0 Å². The summed E-state index contributed by atoms with van der Waals surface area (Å²) in [7, 11) is 0. The molecule has 2 heterocycles. The molecule has 0 aliphatic carbocycles. The lowest BCUT2D eigenvalue weighted by atomic mass is 9.99. The zero-order valence-corrected chi connectivity index (χ0v) is 35.6. The van der Waals surface area contributed by atoms with E-state index < -0.39 is 0 Å². The van der Waals surface area contributed by atoms with Crippen molar-refractivity contribution in [3.63, 3.8) is 0 Å². The Hall–Kier alpha value is -8.93. The number of rotatable bonds is 7. The van der Waals surface area contributed by atoms with Crippen LogP contribution in [0.2, 0.25) is 0 Å². The van der Waals surface area contributed by atoms with Gasteiger partial charge in [-0.25, -0.2) is 15.0 Å². The summed E-state index contributed by atoms with van der Waals surface area (Å²) < 4.78 is 6.96. The van der Waals surface area contributed by atoms with Gasteiger partial charge in [0.1, 0.15) is 11.2 Å². The molecular weight excluding hydrogens is 805 g/mol. The lowest BCUT2D eigenvalue weighted by Crippen LogP contribution is -2.10. The molecule has 66 heavy (non-hydrogen) atoms. The van der Waals surface area contributed by atoms with Crippen molar-refractivity contribution >= 4 is 82.1 Å². The van der Waals surface area contributed by atoms with Gasteiger partial charge in [0, 0.05) is 50.3 Å². The summed E-state index contributed by atoms with van der Waals surface area (Å²) in [4.78, 5) is 17.8. The first-order valence-electron chi connectivity index (χ1n) is 22.2. The maximum absolute atomic E-state index is 6.96.